The van der Waals surface area contributed by atoms with Crippen LogP contribution in [0.15, 0.2) is 40.9 Å². The van der Waals surface area contributed by atoms with E-state index < -0.39 is 0 Å². The van der Waals surface area contributed by atoms with Crippen molar-refractivity contribution >= 4 is 39.2 Å². The third-order valence-corrected chi connectivity index (χ3v) is 4.01. The Labute approximate surface area is 123 Å². The SMILES string of the molecule is Cc1cccc2[nH]c(=S)n(-c3cc(F)ccc3Br)c12. The molecule has 5 heteroatoms. The molecule has 3 aromatic rings. The normalized spacial score (nSPS) is 11.1. The molecule has 0 fully saturated rings. The summed E-state index contributed by atoms with van der Waals surface area (Å²) in [5, 5.41) is 0. The van der Waals surface area contributed by atoms with E-state index in [1.54, 1.807) is 6.07 Å². The second kappa shape index (κ2) is 4.58. The van der Waals surface area contributed by atoms with Crippen LogP contribution in [0.3, 0.4) is 0 Å². The first-order chi connectivity index (χ1) is 9.08. The lowest BCUT2D eigenvalue weighted by Crippen LogP contribution is -1.97. The Bertz CT molecular complexity index is 835. The van der Waals surface area contributed by atoms with Crippen molar-refractivity contribution in [2.24, 2.45) is 0 Å². The molecule has 2 nitrogen and oxygen atoms in total. The molecule has 96 valence electrons. The molecule has 1 aromatic heterocycles. The van der Waals surface area contributed by atoms with E-state index in [4.69, 9.17) is 12.2 Å². The van der Waals surface area contributed by atoms with E-state index in [0.29, 0.717) is 10.5 Å². The lowest BCUT2D eigenvalue weighted by Gasteiger charge is -2.09. The van der Waals surface area contributed by atoms with Crippen LogP contribution in [0.1, 0.15) is 5.56 Å². The van der Waals surface area contributed by atoms with Crippen LogP contribution in [0.25, 0.3) is 16.7 Å². The molecule has 2 aromatic carbocycles. The van der Waals surface area contributed by atoms with E-state index in [9.17, 15) is 4.39 Å². The Hall–Kier alpha value is -1.46. The van der Waals surface area contributed by atoms with E-state index in [1.807, 2.05) is 29.7 Å². The maximum atomic E-state index is 13.5. The van der Waals surface area contributed by atoms with Crippen LogP contribution in [-0.2, 0) is 0 Å². The Balaban J connectivity index is 2.46. The van der Waals surface area contributed by atoms with Crippen LogP contribution >= 0.6 is 28.1 Å². The van der Waals surface area contributed by atoms with Gasteiger partial charge in [0.05, 0.1) is 16.7 Å². The van der Waals surface area contributed by atoms with Crippen LogP contribution < -0.4 is 0 Å². The van der Waals surface area contributed by atoms with Crippen molar-refractivity contribution in [3.05, 3.63) is 57.0 Å². The maximum absolute atomic E-state index is 13.5. The molecular formula is C14H10BrFN2S. The fourth-order valence-corrected chi connectivity index (χ4v) is 2.94. The summed E-state index contributed by atoms with van der Waals surface area (Å²) in [6, 6.07) is 10.5. The van der Waals surface area contributed by atoms with E-state index in [1.165, 1.54) is 12.1 Å². The molecule has 0 aliphatic rings. The average Bonchev–Trinajstić information content (AvgIpc) is 2.70. The molecule has 3 rings (SSSR count). The monoisotopic (exact) mass is 336 g/mol. The van der Waals surface area contributed by atoms with Crippen molar-refractivity contribution in [1.29, 1.82) is 0 Å². The zero-order valence-corrected chi connectivity index (χ0v) is 12.5. The molecule has 1 N–H and O–H groups in total. The van der Waals surface area contributed by atoms with Crippen LogP contribution in [0.5, 0.6) is 0 Å². The fourth-order valence-electron chi connectivity index (χ4n) is 2.22. The van der Waals surface area contributed by atoms with Gasteiger partial charge in [0.25, 0.3) is 0 Å². The summed E-state index contributed by atoms with van der Waals surface area (Å²) in [6.45, 7) is 2.01. The van der Waals surface area contributed by atoms with Gasteiger partial charge in [-0.05, 0) is 64.9 Å². The highest BCUT2D eigenvalue weighted by molar-refractivity contribution is 9.10. The Kier molecular flexibility index (Phi) is 3.03. The molecule has 0 unspecified atom stereocenters. The molecule has 19 heavy (non-hydrogen) atoms. The number of imidazole rings is 1. The minimum Gasteiger partial charge on any atom is -0.330 e. The molecular weight excluding hydrogens is 327 g/mol. The van der Waals surface area contributed by atoms with Crippen molar-refractivity contribution < 1.29 is 4.39 Å². The number of hydrogen-bond acceptors (Lipinski definition) is 1. The molecule has 0 saturated carbocycles. The summed E-state index contributed by atoms with van der Waals surface area (Å²) < 4.78 is 16.7. The first-order valence-electron chi connectivity index (χ1n) is 5.73. The van der Waals surface area contributed by atoms with E-state index in [0.717, 1.165) is 21.1 Å². The summed E-state index contributed by atoms with van der Waals surface area (Å²) in [5.41, 5.74) is 3.70. The van der Waals surface area contributed by atoms with Crippen LogP contribution in [0.4, 0.5) is 4.39 Å². The molecule has 0 saturated heterocycles. The van der Waals surface area contributed by atoms with Gasteiger partial charge in [-0.15, -0.1) is 0 Å². The number of para-hydroxylation sites is 1. The van der Waals surface area contributed by atoms with Gasteiger partial charge in [0.15, 0.2) is 4.77 Å². The van der Waals surface area contributed by atoms with Crippen LogP contribution in [0.2, 0.25) is 0 Å². The van der Waals surface area contributed by atoms with Gasteiger partial charge in [-0.1, -0.05) is 12.1 Å². The van der Waals surface area contributed by atoms with E-state index >= 15 is 0 Å². The molecule has 0 amide bonds. The van der Waals surface area contributed by atoms with Crippen LogP contribution in [0, 0.1) is 17.5 Å². The van der Waals surface area contributed by atoms with Gasteiger partial charge in [-0.25, -0.2) is 4.39 Å². The van der Waals surface area contributed by atoms with Crippen molar-refractivity contribution in [3.8, 4) is 5.69 Å². The van der Waals surface area contributed by atoms with Crippen molar-refractivity contribution in [2.75, 3.05) is 0 Å². The number of rotatable bonds is 1. The molecule has 0 bridgehead atoms. The number of aromatic nitrogens is 2. The first-order valence-corrected chi connectivity index (χ1v) is 6.94. The predicted octanol–water partition coefficient (Wildman–Crippen LogP) is 4.90. The third kappa shape index (κ3) is 2.03. The number of fused-ring (bicyclic) bond motifs is 1. The summed E-state index contributed by atoms with van der Waals surface area (Å²) in [5.74, 6) is -0.289. The molecule has 0 spiro atoms. The minimum absolute atomic E-state index is 0.289. The summed E-state index contributed by atoms with van der Waals surface area (Å²) >= 11 is 8.81. The predicted molar refractivity (Wildman–Crippen MR) is 80.9 cm³/mol. The number of nitrogens with one attached hydrogen (secondary N) is 1. The average molecular weight is 337 g/mol. The highest BCUT2D eigenvalue weighted by atomic mass is 79.9. The minimum atomic E-state index is -0.289. The second-order valence-electron chi connectivity index (χ2n) is 4.33. The quantitative estimate of drug-likeness (QED) is 0.627. The standard InChI is InChI=1S/C14H10BrFN2S/c1-8-3-2-4-11-13(8)18(14(19)17-11)12-7-9(16)5-6-10(12)15/h2-7H,1H3,(H,17,19). The van der Waals surface area contributed by atoms with Gasteiger partial charge in [0, 0.05) is 4.47 Å². The van der Waals surface area contributed by atoms with E-state index in [2.05, 4.69) is 20.9 Å². The number of aryl methyl sites for hydroxylation is 1. The van der Waals surface area contributed by atoms with Gasteiger partial charge in [0.1, 0.15) is 5.82 Å². The lowest BCUT2D eigenvalue weighted by atomic mass is 10.2. The van der Waals surface area contributed by atoms with Gasteiger partial charge in [0.2, 0.25) is 0 Å². The smallest absolute Gasteiger partial charge is 0.182 e. The Morgan fingerprint density at radius 2 is 2.05 bits per heavy atom. The third-order valence-electron chi connectivity index (χ3n) is 3.06. The summed E-state index contributed by atoms with van der Waals surface area (Å²) in [7, 11) is 0. The van der Waals surface area contributed by atoms with Crippen molar-refractivity contribution in [1.82, 2.24) is 9.55 Å². The zero-order valence-electron chi connectivity index (χ0n) is 10.1. The maximum Gasteiger partial charge on any atom is 0.182 e. The van der Waals surface area contributed by atoms with Gasteiger partial charge in [-0.3, -0.25) is 4.57 Å². The molecule has 0 aliphatic heterocycles. The largest absolute Gasteiger partial charge is 0.330 e. The lowest BCUT2D eigenvalue weighted by molar-refractivity contribution is 0.626. The number of nitrogens with zero attached hydrogens (tertiary/aromatic N) is 1. The van der Waals surface area contributed by atoms with Gasteiger partial charge in [-0.2, -0.15) is 0 Å². The van der Waals surface area contributed by atoms with Crippen LogP contribution in [-0.4, -0.2) is 9.55 Å². The number of benzene rings is 2. The van der Waals surface area contributed by atoms with Crippen molar-refractivity contribution in [3.63, 3.8) is 0 Å². The molecule has 1 heterocycles. The number of hydrogen-bond donors (Lipinski definition) is 1. The summed E-state index contributed by atoms with van der Waals surface area (Å²) in [4.78, 5) is 3.15. The Morgan fingerprint density at radius 3 is 2.84 bits per heavy atom. The molecule has 0 aliphatic carbocycles. The first kappa shape index (κ1) is 12.6. The van der Waals surface area contributed by atoms with Crippen molar-refractivity contribution in [2.45, 2.75) is 6.92 Å². The van der Waals surface area contributed by atoms with Gasteiger partial charge >= 0.3 is 0 Å². The highest BCUT2D eigenvalue weighted by Crippen LogP contribution is 2.28. The molecule has 0 atom stereocenters. The Morgan fingerprint density at radius 1 is 1.26 bits per heavy atom. The molecule has 0 radical (unpaired) electrons. The number of H-pyrrole nitrogens is 1. The number of aromatic amines is 1. The highest BCUT2D eigenvalue weighted by Gasteiger charge is 2.11. The summed E-state index contributed by atoms with van der Waals surface area (Å²) in [6.07, 6.45) is 0. The fraction of sp³-hybridized carbons (Fsp3) is 0.0714. The second-order valence-corrected chi connectivity index (χ2v) is 5.57. The van der Waals surface area contributed by atoms with Gasteiger partial charge < -0.3 is 4.98 Å². The zero-order chi connectivity index (χ0) is 13.6. The van der Waals surface area contributed by atoms with E-state index in [-0.39, 0.29) is 5.82 Å². The topological polar surface area (TPSA) is 20.7 Å². The number of halogens is 2.